The van der Waals surface area contributed by atoms with Crippen LogP contribution in [0.3, 0.4) is 0 Å². The summed E-state index contributed by atoms with van der Waals surface area (Å²) in [5, 5.41) is 2.65. The van der Waals surface area contributed by atoms with Gasteiger partial charge in [0.2, 0.25) is 0 Å². The predicted octanol–water partition coefficient (Wildman–Crippen LogP) is 3.05. The van der Waals surface area contributed by atoms with Crippen molar-refractivity contribution in [3.8, 4) is 0 Å². The van der Waals surface area contributed by atoms with Crippen molar-refractivity contribution in [2.75, 3.05) is 7.11 Å². The Hall–Kier alpha value is -1.43. The van der Waals surface area contributed by atoms with Crippen LogP contribution in [0.25, 0.3) is 0 Å². The molecule has 0 spiro atoms. The zero-order valence-electron chi connectivity index (χ0n) is 11.6. The first kappa shape index (κ1) is 16.6. The Labute approximate surface area is 125 Å². The number of halogens is 2. The van der Waals surface area contributed by atoms with Crippen LogP contribution in [0.15, 0.2) is 22.7 Å². The van der Waals surface area contributed by atoms with Gasteiger partial charge in [-0.15, -0.1) is 0 Å². The van der Waals surface area contributed by atoms with Gasteiger partial charge in [-0.2, -0.15) is 0 Å². The average Bonchev–Trinajstić information content (AvgIpc) is 2.40. The fourth-order valence-corrected chi connectivity index (χ4v) is 2.28. The summed E-state index contributed by atoms with van der Waals surface area (Å²) < 4.78 is 18.1. The van der Waals surface area contributed by atoms with Crippen molar-refractivity contribution in [2.45, 2.75) is 32.2 Å². The van der Waals surface area contributed by atoms with Crippen LogP contribution in [-0.2, 0) is 9.53 Å². The minimum absolute atomic E-state index is 0.195. The molecule has 4 nitrogen and oxygen atoms in total. The molecule has 20 heavy (non-hydrogen) atoms. The lowest BCUT2D eigenvalue weighted by Gasteiger charge is -2.27. The highest BCUT2D eigenvalue weighted by atomic mass is 79.9. The number of carbonyl (C=O) groups excluding carboxylic acids is 2. The third-order valence-electron chi connectivity index (χ3n) is 2.96. The van der Waals surface area contributed by atoms with Crippen molar-refractivity contribution in [1.82, 2.24) is 5.32 Å². The maximum atomic E-state index is 13.2. The summed E-state index contributed by atoms with van der Waals surface area (Å²) in [7, 11) is 1.27. The lowest BCUT2D eigenvalue weighted by molar-refractivity contribution is -0.147. The van der Waals surface area contributed by atoms with Crippen LogP contribution in [0.4, 0.5) is 4.39 Å². The zero-order valence-corrected chi connectivity index (χ0v) is 13.2. The molecule has 1 aromatic rings. The molecule has 0 saturated carbocycles. The van der Waals surface area contributed by atoms with E-state index in [9.17, 15) is 14.0 Å². The quantitative estimate of drug-likeness (QED) is 0.834. The normalized spacial score (nSPS) is 13.4. The first-order valence-electron chi connectivity index (χ1n) is 6.20. The Morgan fingerprint density at radius 3 is 2.60 bits per heavy atom. The summed E-state index contributed by atoms with van der Waals surface area (Å²) in [5.74, 6) is -1.41. The number of carbonyl (C=O) groups is 2. The van der Waals surface area contributed by atoms with E-state index in [1.54, 1.807) is 6.92 Å². The van der Waals surface area contributed by atoms with Crippen molar-refractivity contribution in [2.24, 2.45) is 0 Å². The molecule has 0 bridgehead atoms. The van der Waals surface area contributed by atoms with Crippen LogP contribution in [0.1, 0.15) is 37.0 Å². The van der Waals surface area contributed by atoms with E-state index in [0.717, 1.165) is 0 Å². The molecule has 0 fully saturated rings. The van der Waals surface area contributed by atoms with E-state index in [0.29, 0.717) is 12.8 Å². The number of methoxy groups -OCH3 is 1. The van der Waals surface area contributed by atoms with Crippen molar-refractivity contribution in [3.05, 3.63) is 34.1 Å². The molecule has 6 heteroatoms. The van der Waals surface area contributed by atoms with Gasteiger partial charge in [0.25, 0.3) is 5.91 Å². The van der Waals surface area contributed by atoms with Crippen LogP contribution >= 0.6 is 15.9 Å². The highest BCUT2D eigenvalue weighted by molar-refractivity contribution is 9.10. The smallest absolute Gasteiger partial charge is 0.331 e. The zero-order chi connectivity index (χ0) is 15.3. The molecule has 0 saturated heterocycles. The van der Waals surface area contributed by atoms with Crippen LogP contribution in [-0.4, -0.2) is 24.5 Å². The molecule has 110 valence electrons. The molecule has 1 aromatic carbocycles. The molecule has 1 unspecified atom stereocenters. The second-order valence-electron chi connectivity index (χ2n) is 4.66. The SMILES string of the molecule is CCCC(C)(NC(=O)c1ccc(F)c(Br)c1)C(=O)OC. The Morgan fingerprint density at radius 2 is 2.10 bits per heavy atom. The first-order valence-corrected chi connectivity index (χ1v) is 6.99. The van der Waals surface area contributed by atoms with Crippen LogP contribution < -0.4 is 5.32 Å². The van der Waals surface area contributed by atoms with Crippen LogP contribution in [0, 0.1) is 5.82 Å². The van der Waals surface area contributed by atoms with Crippen LogP contribution in [0.2, 0.25) is 0 Å². The minimum Gasteiger partial charge on any atom is -0.467 e. The molecule has 0 heterocycles. The first-order chi connectivity index (χ1) is 9.34. The molecule has 0 aromatic heterocycles. The number of rotatable bonds is 5. The molecule has 1 N–H and O–H groups in total. The van der Waals surface area contributed by atoms with Gasteiger partial charge in [-0.1, -0.05) is 13.3 Å². The molecule has 0 aliphatic heterocycles. The summed E-state index contributed by atoms with van der Waals surface area (Å²) in [6.45, 7) is 3.51. The van der Waals surface area contributed by atoms with E-state index in [4.69, 9.17) is 4.74 Å². The number of ether oxygens (including phenoxy) is 1. The number of benzene rings is 1. The number of nitrogens with one attached hydrogen (secondary N) is 1. The second kappa shape index (κ2) is 6.83. The van der Waals surface area contributed by atoms with Crippen molar-refractivity contribution < 1.29 is 18.7 Å². The number of hydrogen-bond acceptors (Lipinski definition) is 3. The molecule has 1 atom stereocenters. The van der Waals surface area contributed by atoms with Crippen molar-refractivity contribution in [1.29, 1.82) is 0 Å². The van der Waals surface area contributed by atoms with E-state index in [1.165, 1.54) is 25.3 Å². The van der Waals surface area contributed by atoms with E-state index >= 15 is 0 Å². The minimum atomic E-state index is -1.10. The monoisotopic (exact) mass is 345 g/mol. The molecule has 0 aliphatic rings. The summed E-state index contributed by atoms with van der Waals surface area (Å²) in [6.07, 6.45) is 1.16. The fraction of sp³-hybridized carbons (Fsp3) is 0.429. The molecule has 0 radical (unpaired) electrons. The van der Waals surface area contributed by atoms with Gasteiger partial charge in [0.05, 0.1) is 11.6 Å². The lowest BCUT2D eigenvalue weighted by Crippen LogP contribution is -2.52. The number of esters is 1. The predicted molar refractivity (Wildman–Crippen MR) is 76.9 cm³/mol. The van der Waals surface area contributed by atoms with Crippen molar-refractivity contribution in [3.63, 3.8) is 0 Å². The molecule has 0 aliphatic carbocycles. The molecular formula is C14H17BrFNO3. The highest BCUT2D eigenvalue weighted by Gasteiger charge is 2.35. The highest BCUT2D eigenvalue weighted by Crippen LogP contribution is 2.19. The summed E-state index contributed by atoms with van der Waals surface area (Å²) in [6, 6.07) is 3.92. The largest absolute Gasteiger partial charge is 0.467 e. The van der Waals surface area contributed by atoms with Gasteiger partial charge >= 0.3 is 5.97 Å². The molecular weight excluding hydrogens is 329 g/mol. The Morgan fingerprint density at radius 1 is 1.45 bits per heavy atom. The third kappa shape index (κ3) is 3.79. The van der Waals surface area contributed by atoms with Gasteiger partial charge in [0.15, 0.2) is 0 Å². The van der Waals surface area contributed by atoms with Gasteiger partial charge in [-0.25, -0.2) is 9.18 Å². The van der Waals surface area contributed by atoms with Gasteiger partial charge in [0.1, 0.15) is 11.4 Å². The summed E-state index contributed by atoms with van der Waals surface area (Å²) in [5.41, 5.74) is -0.828. The Kier molecular flexibility index (Phi) is 5.68. The topological polar surface area (TPSA) is 55.4 Å². The third-order valence-corrected chi connectivity index (χ3v) is 3.56. The number of hydrogen-bond donors (Lipinski definition) is 1. The Balaban J connectivity index is 2.96. The van der Waals surface area contributed by atoms with E-state index in [2.05, 4.69) is 21.2 Å². The van der Waals surface area contributed by atoms with Crippen LogP contribution in [0.5, 0.6) is 0 Å². The van der Waals surface area contributed by atoms with Gasteiger partial charge in [-0.05, 0) is 47.5 Å². The lowest BCUT2D eigenvalue weighted by atomic mass is 9.95. The average molecular weight is 346 g/mol. The fourth-order valence-electron chi connectivity index (χ4n) is 1.90. The van der Waals surface area contributed by atoms with Crippen molar-refractivity contribution >= 4 is 27.8 Å². The van der Waals surface area contributed by atoms with E-state index in [-0.39, 0.29) is 10.0 Å². The standard InChI is InChI=1S/C14H17BrFNO3/c1-4-7-14(2,13(19)20-3)17-12(18)9-5-6-11(16)10(15)8-9/h5-6,8H,4,7H2,1-3H3,(H,17,18). The van der Waals surface area contributed by atoms with Gasteiger partial charge in [-0.3, -0.25) is 4.79 Å². The van der Waals surface area contributed by atoms with E-state index < -0.39 is 23.2 Å². The maximum Gasteiger partial charge on any atom is 0.331 e. The number of amides is 1. The molecule has 1 amide bonds. The Bertz CT molecular complexity index is 521. The summed E-state index contributed by atoms with van der Waals surface area (Å²) >= 11 is 3.02. The second-order valence-corrected chi connectivity index (χ2v) is 5.51. The van der Waals surface area contributed by atoms with Gasteiger partial charge in [0, 0.05) is 5.56 Å². The molecule has 1 rings (SSSR count). The van der Waals surface area contributed by atoms with E-state index in [1.807, 2.05) is 6.92 Å². The summed E-state index contributed by atoms with van der Waals surface area (Å²) in [4.78, 5) is 24.0. The maximum absolute atomic E-state index is 13.2. The van der Waals surface area contributed by atoms with Gasteiger partial charge < -0.3 is 10.1 Å².